The van der Waals surface area contributed by atoms with E-state index in [9.17, 15) is 22.0 Å². The molecule has 0 radical (unpaired) electrons. The third-order valence-corrected chi connectivity index (χ3v) is 5.51. The van der Waals surface area contributed by atoms with Gasteiger partial charge in [-0.1, -0.05) is 0 Å². The molecular weight excluding hydrogens is 268 g/mol. The maximum absolute atomic E-state index is 12.6. The molecule has 1 saturated carbocycles. The molecule has 1 aliphatic carbocycles. The van der Waals surface area contributed by atoms with Crippen LogP contribution in [0, 0.1) is 5.92 Å². The molecular formula is C10H15F2NO4S. The van der Waals surface area contributed by atoms with Gasteiger partial charge in [0, 0.05) is 19.4 Å². The van der Waals surface area contributed by atoms with Crippen molar-refractivity contribution in [2.45, 2.75) is 37.6 Å². The quantitative estimate of drug-likeness (QED) is 0.832. The third kappa shape index (κ3) is 2.64. The Morgan fingerprint density at radius 1 is 1.39 bits per heavy atom. The number of hydrogen-bond acceptors (Lipinski definition) is 3. The fourth-order valence-corrected chi connectivity index (χ4v) is 4.63. The molecule has 0 aromatic carbocycles. The summed E-state index contributed by atoms with van der Waals surface area (Å²) in [5, 5.41) is 8.91. The molecule has 0 aromatic heterocycles. The lowest BCUT2D eigenvalue weighted by molar-refractivity contribution is -0.140. The Morgan fingerprint density at radius 2 is 2.00 bits per heavy atom. The zero-order chi connectivity index (χ0) is 13.6. The fourth-order valence-electron chi connectivity index (χ4n) is 2.62. The lowest BCUT2D eigenvalue weighted by Gasteiger charge is -2.35. The van der Waals surface area contributed by atoms with Crippen molar-refractivity contribution in [2.24, 2.45) is 5.92 Å². The summed E-state index contributed by atoms with van der Waals surface area (Å²) in [6.45, 7) is 0.169. The SMILES string of the molecule is O=C(O)[C@@H]1CCCN1S(=O)(=O)CC1CC(F)(F)C1. The van der Waals surface area contributed by atoms with Crippen molar-refractivity contribution in [1.82, 2.24) is 4.31 Å². The number of nitrogens with zero attached hydrogens (tertiary/aromatic N) is 1. The van der Waals surface area contributed by atoms with E-state index in [1.807, 2.05) is 0 Å². The smallest absolute Gasteiger partial charge is 0.322 e. The number of carbonyl (C=O) groups is 1. The van der Waals surface area contributed by atoms with Crippen LogP contribution in [0.3, 0.4) is 0 Å². The Hall–Kier alpha value is -0.760. The van der Waals surface area contributed by atoms with Gasteiger partial charge in [-0.3, -0.25) is 4.79 Å². The first kappa shape index (κ1) is 13.7. The molecule has 1 saturated heterocycles. The predicted molar refractivity (Wildman–Crippen MR) is 58.8 cm³/mol. The van der Waals surface area contributed by atoms with E-state index in [-0.39, 0.29) is 18.7 Å². The van der Waals surface area contributed by atoms with Crippen LogP contribution in [0.1, 0.15) is 25.7 Å². The molecule has 2 aliphatic rings. The van der Waals surface area contributed by atoms with Crippen LogP contribution in [0.2, 0.25) is 0 Å². The molecule has 0 unspecified atom stereocenters. The van der Waals surface area contributed by atoms with E-state index in [1.54, 1.807) is 0 Å². The van der Waals surface area contributed by atoms with E-state index in [0.29, 0.717) is 6.42 Å². The second-order valence-corrected chi connectivity index (χ2v) is 6.98. The maximum Gasteiger partial charge on any atom is 0.322 e. The minimum atomic E-state index is -3.75. The van der Waals surface area contributed by atoms with Gasteiger partial charge in [0.15, 0.2) is 0 Å². The van der Waals surface area contributed by atoms with Crippen molar-refractivity contribution in [3.8, 4) is 0 Å². The highest BCUT2D eigenvalue weighted by atomic mass is 32.2. The van der Waals surface area contributed by atoms with E-state index in [4.69, 9.17) is 5.11 Å². The van der Waals surface area contributed by atoms with Gasteiger partial charge in [0.05, 0.1) is 5.75 Å². The Bertz CT molecular complexity index is 443. The standard InChI is InChI=1S/C10H15F2NO4S/c11-10(12)4-7(5-10)6-18(16,17)13-3-1-2-8(13)9(14)15/h7-8H,1-6H2,(H,14,15)/t8-/m0/s1. The summed E-state index contributed by atoms with van der Waals surface area (Å²) >= 11 is 0. The summed E-state index contributed by atoms with van der Waals surface area (Å²) < 4.78 is 50.2. The third-order valence-electron chi connectivity index (χ3n) is 3.47. The molecule has 104 valence electrons. The molecule has 2 fully saturated rings. The topological polar surface area (TPSA) is 74.7 Å². The Kier molecular flexibility index (Phi) is 3.35. The number of sulfonamides is 1. The predicted octanol–water partition coefficient (Wildman–Crippen LogP) is 0.910. The van der Waals surface area contributed by atoms with Crippen molar-refractivity contribution in [1.29, 1.82) is 0 Å². The molecule has 2 rings (SSSR count). The van der Waals surface area contributed by atoms with Gasteiger partial charge in [0.1, 0.15) is 6.04 Å². The second kappa shape index (κ2) is 4.41. The summed E-state index contributed by atoms with van der Waals surface area (Å²) in [5.74, 6) is -4.85. The highest BCUT2D eigenvalue weighted by Crippen LogP contribution is 2.43. The highest BCUT2D eigenvalue weighted by molar-refractivity contribution is 7.89. The number of alkyl halides is 2. The van der Waals surface area contributed by atoms with Gasteiger partial charge in [-0.05, 0) is 18.8 Å². The zero-order valence-electron chi connectivity index (χ0n) is 9.68. The van der Waals surface area contributed by atoms with Gasteiger partial charge in [0.25, 0.3) is 0 Å². The summed E-state index contributed by atoms with van der Waals surface area (Å²) in [6.07, 6.45) is -0.0535. The molecule has 5 nitrogen and oxygen atoms in total. The first-order chi connectivity index (χ1) is 8.21. The van der Waals surface area contributed by atoms with Crippen LogP contribution in [0.4, 0.5) is 8.78 Å². The van der Waals surface area contributed by atoms with Gasteiger partial charge in [-0.25, -0.2) is 17.2 Å². The second-order valence-electron chi connectivity index (χ2n) is 5.02. The maximum atomic E-state index is 12.6. The minimum Gasteiger partial charge on any atom is -0.480 e. The molecule has 18 heavy (non-hydrogen) atoms. The number of carboxylic acid groups (broad SMARTS) is 1. The van der Waals surface area contributed by atoms with Crippen LogP contribution < -0.4 is 0 Å². The lowest BCUT2D eigenvalue weighted by atomic mass is 9.83. The molecule has 0 aromatic rings. The summed E-state index contributed by atoms with van der Waals surface area (Å²) in [7, 11) is -3.75. The monoisotopic (exact) mass is 283 g/mol. The first-order valence-corrected chi connectivity index (χ1v) is 7.42. The van der Waals surface area contributed by atoms with E-state index >= 15 is 0 Å². The Balaban J connectivity index is 2.01. The Morgan fingerprint density at radius 3 is 2.50 bits per heavy atom. The van der Waals surface area contributed by atoms with Crippen molar-refractivity contribution in [2.75, 3.05) is 12.3 Å². The minimum absolute atomic E-state index is 0.169. The average molecular weight is 283 g/mol. The van der Waals surface area contributed by atoms with Crippen LogP contribution in [-0.2, 0) is 14.8 Å². The van der Waals surface area contributed by atoms with Gasteiger partial charge in [0.2, 0.25) is 15.9 Å². The highest BCUT2D eigenvalue weighted by Gasteiger charge is 2.48. The number of halogens is 2. The van der Waals surface area contributed by atoms with Crippen LogP contribution >= 0.6 is 0 Å². The molecule has 0 spiro atoms. The van der Waals surface area contributed by atoms with E-state index in [0.717, 1.165) is 4.31 Å². The molecule has 1 aliphatic heterocycles. The van der Waals surface area contributed by atoms with Gasteiger partial charge < -0.3 is 5.11 Å². The van der Waals surface area contributed by atoms with Gasteiger partial charge >= 0.3 is 5.97 Å². The molecule has 1 N–H and O–H groups in total. The van der Waals surface area contributed by atoms with E-state index in [1.165, 1.54) is 0 Å². The number of hydrogen-bond donors (Lipinski definition) is 1. The molecule has 8 heteroatoms. The van der Waals surface area contributed by atoms with Crippen LogP contribution in [-0.4, -0.2) is 48.1 Å². The van der Waals surface area contributed by atoms with Crippen molar-refractivity contribution in [3.05, 3.63) is 0 Å². The van der Waals surface area contributed by atoms with Crippen LogP contribution in [0.25, 0.3) is 0 Å². The van der Waals surface area contributed by atoms with E-state index < -0.39 is 46.7 Å². The van der Waals surface area contributed by atoms with Crippen molar-refractivity contribution in [3.63, 3.8) is 0 Å². The fraction of sp³-hybridized carbons (Fsp3) is 0.900. The van der Waals surface area contributed by atoms with Gasteiger partial charge in [-0.15, -0.1) is 0 Å². The average Bonchev–Trinajstić information content (AvgIpc) is 2.62. The van der Waals surface area contributed by atoms with Crippen LogP contribution in [0.5, 0.6) is 0 Å². The van der Waals surface area contributed by atoms with Crippen LogP contribution in [0.15, 0.2) is 0 Å². The van der Waals surface area contributed by atoms with Crippen molar-refractivity contribution < 1.29 is 27.1 Å². The lowest BCUT2D eigenvalue weighted by Crippen LogP contribution is -2.46. The number of rotatable bonds is 4. The number of carboxylic acids is 1. The Labute approximate surface area is 104 Å². The largest absolute Gasteiger partial charge is 0.480 e. The summed E-state index contributed by atoms with van der Waals surface area (Å²) in [4.78, 5) is 10.9. The van der Waals surface area contributed by atoms with Crippen molar-refractivity contribution >= 4 is 16.0 Å². The summed E-state index contributed by atoms with van der Waals surface area (Å²) in [6, 6.07) is -1.03. The molecule has 1 heterocycles. The molecule has 0 amide bonds. The zero-order valence-corrected chi connectivity index (χ0v) is 10.5. The first-order valence-electron chi connectivity index (χ1n) is 5.81. The normalized spacial score (nSPS) is 29.1. The molecule has 1 atom stereocenters. The van der Waals surface area contributed by atoms with Gasteiger partial charge in [-0.2, -0.15) is 4.31 Å². The molecule has 0 bridgehead atoms. The van der Waals surface area contributed by atoms with E-state index in [2.05, 4.69) is 0 Å². The summed E-state index contributed by atoms with van der Waals surface area (Å²) in [5.41, 5.74) is 0. The number of aliphatic carboxylic acids is 1.